The van der Waals surface area contributed by atoms with Crippen LogP contribution in [0.2, 0.25) is 0 Å². The van der Waals surface area contributed by atoms with E-state index in [1.165, 1.54) is 12.8 Å². The molecule has 1 saturated heterocycles. The van der Waals surface area contributed by atoms with Crippen LogP contribution in [0.4, 0.5) is 0 Å². The van der Waals surface area contributed by atoms with Crippen molar-refractivity contribution < 1.29 is 4.57 Å². The Morgan fingerprint density at radius 3 is 2.44 bits per heavy atom. The van der Waals surface area contributed by atoms with Crippen LogP contribution >= 0.6 is 8.61 Å². The van der Waals surface area contributed by atoms with Crippen LogP contribution in [0.15, 0.2) is 0 Å². The van der Waals surface area contributed by atoms with Crippen molar-refractivity contribution in [3.63, 3.8) is 0 Å². The van der Waals surface area contributed by atoms with Crippen LogP contribution in [0.5, 0.6) is 0 Å². The molecule has 1 aliphatic heterocycles. The normalized spacial score (nSPS) is 25.0. The maximum Gasteiger partial charge on any atom is 0.248 e. The van der Waals surface area contributed by atoms with Crippen molar-refractivity contribution >= 4 is 8.61 Å². The summed E-state index contributed by atoms with van der Waals surface area (Å²) in [6.45, 7) is 4.26. The van der Waals surface area contributed by atoms with Gasteiger partial charge in [-0.05, 0) is 18.8 Å². The molecule has 1 fully saturated rings. The third-order valence-corrected chi connectivity index (χ3v) is 2.51. The highest BCUT2D eigenvalue weighted by atomic mass is 31.1. The fourth-order valence-electron chi connectivity index (χ4n) is 1.08. The summed E-state index contributed by atoms with van der Waals surface area (Å²) in [5.41, 5.74) is 0. The van der Waals surface area contributed by atoms with E-state index in [0.29, 0.717) is 0 Å². The molecular formula is C6H12NOP. The molecule has 0 unspecified atom stereocenters. The molecule has 3 heteroatoms. The summed E-state index contributed by atoms with van der Waals surface area (Å²) >= 11 is 0. The van der Waals surface area contributed by atoms with Gasteiger partial charge in [0.25, 0.3) is 0 Å². The monoisotopic (exact) mass is 145 g/mol. The Balaban J connectivity index is 2.26. The van der Waals surface area contributed by atoms with Gasteiger partial charge < -0.3 is 0 Å². The average Bonchev–Trinajstić information content (AvgIpc) is 1.90. The Morgan fingerprint density at radius 1 is 1.44 bits per heavy atom. The van der Waals surface area contributed by atoms with Crippen LogP contribution in [0, 0.1) is 5.92 Å². The van der Waals surface area contributed by atoms with Crippen molar-refractivity contribution in [2.24, 2.45) is 5.92 Å². The fraction of sp³-hybridized carbons (Fsp3) is 1.00. The smallest absolute Gasteiger partial charge is 0.248 e. The first-order valence-corrected chi connectivity index (χ1v) is 4.17. The van der Waals surface area contributed by atoms with Crippen molar-refractivity contribution in [2.75, 3.05) is 13.1 Å². The highest BCUT2D eigenvalue weighted by molar-refractivity contribution is 7.20. The molecule has 0 radical (unpaired) electrons. The highest BCUT2D eigenvalue weighted by Gasteiger charge is 2.14. The Bertz CT molecular complexity index is 99.2. The molecule has 0 aromatic rings. The lowest BCUT2D eigenvalue weighted by molar-refractivity contribution is 0.297. The van der Waals surface area contributed by atoms with Crippen LogP contribution in [-0.4, -0.2) is 17.8 Å². The number of piperidine rings is 1. The van der Waals surface area contributed by atoms with Crippen LogP contribution in [0.3, 0.4) is 0 Å². The minimum atomic E-state index is 0.206. The first-order valence-electron chi connectivity index (χ1n) is 3.41. The standard InChI is InChI=1S/C6H12NOP/c1-6-2-4-7(9-8)5-3-6/h6H,2-5H2,1H3. The third-order valence-electron chi connectivity index (χ3n) is 1.88. The van der Waals surface area contributed by atoms with E-state index in [4.69, 9.17) is 0 Å². The minimum Gasteiger partial charge on any atom is -0.256 e. The Labute approximate surface area is 57.5 Å². The zero-order chi connectivity index (χ0) is 6.69. The van der Waals surface area contributed by atoms with Gasteiger partial charge in [-0.3, -0.25) is 4.57 Å². The van der Waals surface area contributed by atoms with Gasteiger partial charge in [0.05, 0.1) is 0 Å². The van der Waals surface area contributed by atoms with Crippen LogP contribution < -0.4 is 0 Å². The second-order valence-electron chi connectivity index (χ2n) is 2.72. The van der Waals surface area contributed by atoms with Gasteiger partial charge in [-0.1, -0.05) is 6.92 Å². The van der Waals surface area contributed by atoms with Gasteiger partial charge in [-0.25, -0.2) is 4.67 Å². The van der Waals surface area contributed by atoms with Gasteiger partial charge in [-0.15, -0.1) is 0 Å². The second-order valence-corrected chi connectivity index (χ2v) is 3.45. The summed E-state index contributed by atoms with van der Waals surface area (Å²) in [6, 6.07) is 0. The van der Waals surface area contributed by atoms with Crippen LogP contribution in [0.1, 0.15) is 19.8 Å². The van der Waals surface area contributed by atoms with Crippen molar-refractivity contribution in [3.8, 4) is 0 Å². The number of hydrogen-bond donors (Lipinski definition) is 0. The van der Waals surface area contributed by atoms with Crippen molar-refractivity contribution in [2.45, 2.75) is 19.8 Å². The van der Waals surface area contributed by atoms with E-state index in [0.717, 1.165) is 19.0 Å². The summed E-state index contributed by atoms with van der Waals surface area (Å²) < 4.78 is 12.2. The molecular weight excluding hydrogens is 133 g/mol. The van der Waals surface area contributed by atoms with Crippen molar-refractivity contribution in [1.29, 1.82) is 0 Å². The first kappa shape index (κ1) is 7.17. The van der Waals surface area contributed by atoms with E-state index in [1.54, 1.807) is 0 Å². The van der Waals surface area contributed by atoms with Crippen LogP contribution in [-0.2, 0) is 4.57 Å². The molecule has 0 aromatic heterocycles. The summed E-state index contributed by atoms with van der Waals surface area (Å²) in [5.74, 6) is 0.836. The molecule has 0 aromatic carbocycles. The Morgan fingerprint density at radius 2 is 2.00 bits per heavy atom. The topological polar surface area (TPSA) is 20.3 Å². The van der Waals surface area contributed by atoms with E-state index >= 15 is 0 Å². The molecule has 0 bridgehead atoms. The molecule has 0 spiro atoms. The third kappa shape index (κ3) is 2.04. The van der Waals surface area contributed by atoms with Crippen molar-refractivity contribution in [1.82, 2.24) is 4.67 Å². The molecule has 0 amide bonds. The molecule has 1 heterocycles. The van der Waals surface area contributed by atoms with Gasteiger partial charge >= 0.3 is 0 Å². The first-order chi connectivity index (χ1) is 4.33. The maximum atomic E-state index is 10.3. The Kier molecular flexibility index (Phi) is 2.62. The van der Waals surface area contributed by atoms with Gasteiger partial charge in [0, 0.05) is 13.1 Å². The SMILES string of the molecule is CC1CCN(P=O)CC1. The van der Waals surface area contributed by atoms with E-state index in [2.05, 4.69) is 6.92 Å². The molecule has 2 nitrogen and oxygen atoms in total. The highest BCUT2D eigenvalue weighted by Crippen LogP contribution is 2.19. The lowest BCUT2D eigenvalue weighted by atomic mass is 10.0. The van der Waals surface area contributed by atoms with E-state index in [1.807, 2.05) is 4.67 Å². The number of rotatable bonds is 1. The molecule has 0 N–H and O–H groups in total. The van der Waals surface area contributed by atoms with Gasteiger partial charge in [0.15, 0.2) is 0 Å². The summed E-state index contributed by atoms with van der Waals surface area (Å²) in [7, 11) is 0.206. The average molecular weight is 145 g/mol. The molecule has 0 atom stereocenters. The van der Waals surface area contributed by atoms with E-state index in [9.17, 15) is 4.57 Å². The zero-order valence-electron chi connectivity index (χ0n) is 5.71. The van der Waals surface area contributed by atoms with Gasteiger partial charge in [0.1, 0.15) is 0 Å². The predicted octanol–water partition coefficient (Wildman–Crippen LogP) is 1.93. The molecule has 9 heavy (non-hydrogen) atoms. The maximum absolute atomic E-state index is 10.3. The summed E-state index contributed by atoms with van der Waals surface area (Å²) in [4.78, 5) is 0. The second kappa shape index (κ2) is 3.28. The molecule has 0 saturated carbocycles. The molecule has 1 aliphatic rings. The van der Waals surface area contributed by atoms with Gasteiger partial charge in [0.2, 0.25) is 8.61 Å². The Hall–Kier alpha value is 0.0600. The molecule has 0 aliphatic carbocycles. The summed E-state index contributed by atoms with van der Waals surface area (Å²) in [6.07, 6.45) is 2.41. The number of hydrogen-bond acceptors (Lipinski definition) is 1. The lowest BCUT2D eigenvalue weighted by Gasteiger charge is -2.23. The van der Waals surface area contributed by atoms with Crippen molar-refractivity contribution in [3.05, 3.63) is 0 Å². The van der Waals surface area contributed by atoms with E-state index < -0.39 is 0 Å². The molecule has 52 valence electrons. The zero-order valence-corrected chi connectivity index (χ0v) is 6.60. The van der Waals surface area contributed by atoms with E-state index in [-0.39, 0.29) is 8.61 Å². The fourth-order valence-corrected chi connectivity index (χ4v) is 1.47. The largest absolute Gasteiger partial charge is 0.256 e. The number of nitrogens with zero attached hydrogens (tertiary/aromatic N) is 1. The predicted molar refractivity (Wildman–Crippen MR) is 37.6 cm³/mol. The molecule has 1 rings (SSSR count). The quantitative estimate of drug-likeness (QED) is 0.525. The summed E-state index contributed by atoms with van der Waals surface area (Å²) in [5, 5.41) is 0. The lowest BCUT2D eigenvalue weighted by Crippen LogP contribution is -2.24. The minimum absolute atomic E-state index is 0.206. The van der Waals surface area contributed by atoms with Crippen LogP contribution in [0.25, 0.3) is 0 Å². The van der Waals surface area contributed by atoms with Gasteiger partial charge in [-0.2, -0.15) is 0 Å².